The van der Waals surface area contributed by atoms with Crippen LogP contribution in [0.1, 0.15) is 45.4 Å². The average Bonchev–Trinajstić information content (AvgIpc) is 3.08. The number of carbonyl (C=O) groups excluding carboxylic acids is 1. The molecule has 1 amide bonds. The van der Waals surface area contributed by atoms with Crippen LogP contribution in [0, 0.1) is 0 Å². The molecule has 4 nitrogen and oxygen atoms in total. The first-order valence-electron chi connectivity index (χ1n) is 8.03. The van der Waals surface area contributed by atoms with E-state index >= 15 is 0 Å². The highest BCUT2D eigenvalue weighted by atomic mass is 16.2. The summed E-state index contributed by atoms with van der Waals surface area (Å²) in [5.41, 5.74) is 0. The SMILES string of the molecule is CCCCN(CC(=O)N1CCCC1)CC1CCCN1. The van der Waals surface area contributed by atoms with E-state index in [-0.39, 0.29) is 0 Å². The Morgan fingerprint density at radius 1 is 1.32 bits per heavy atom. The van der Waals surface area contributed by atoms with Gasteiger partial charge in [0.1, 0.15) is 0 Å². The minimum atomic E-state index is 0.339. The lowest BCUT2D eigenvalue weighted by Gasteiger charge is -2.27. The molecule has 2 fully saturated rings. The Labute approximate surface area is 117 Å². The summed E-state index contributed by atoms with van der Waals surface area (Å²) < 4.78 is 0. The first kappa shape index (κ1) is 14.8. The minimum Gasteiger partial charge on any atom is -0.342 e. The van der Waals surface area contributed by atoms with Crippen LogP contribution in [-0.4, -0.2) is 61.0 Å². The predicted octanol–water partition coefficient (Wildman–Crippen LogP) is 1.46. The molecule has 0 bridgehead atoms. The predicted molar refractivity (Wildman–Crippen MR) is 78.2 cm³/mol. The molecule has 2 saturated heterocycles. The molecule has 4 heteroatoms. The second-order valence-corrected chi connectivity index (χ2v) is 5.97. The van der Waals surface area contributed by atoms with Crippen LogP contribution in [0.5, 0.6) is 0 Å². The Hall–Kier alpha value is -0.610. The van der Waals surface area contributed by atoms with Crippen molar-refractivity contribution >= 4 is 5.91 Å². The molecule has 0 aliphatic carbocycles. The molecule has 0 aromatic carbocycles. The van der Waals surface area contributed by atoms with Crippen LogP contribution in [0.25, 0.3) is 0 Å². The summed E-state index contributed by atoms with van der Waals surface area (Å²) in [4.78, 5) is 16.7. The standard InChI is InChI=1S/C15H29N3O/c1-2-3-9-17(12-14-7-6-8-16-14)13-15(19)18-10-4-5-11-18/h14,16H,2-13H2,1H3. The average molecular weight is 267 g/mol. The molecule has 1 atom stereocenters. The van der Waals surface area contributed by atoms with Gasteiger partial charge in [0.2, 0.25) is 5.91 Å². The number of hydrogen-bond acceptors (Lipinski definition) is 3. The molecule has 19 heavy (non-hydrogen) atoms. The van der Waals surface area contributed by atoms with Crippen LogP contribution in [0.3, 0.4) is 0 Å². The van der Waals surface area contributed by atoms with Crippen LogP contribution >= 0.6 is 0 Å². The zero-order valence-corrected chi connectivity index (χ0v) is 12.4. The van der Waals surface area contributed by atoms with E-state index in [4.69, 9.17) is 0 Å². The highest BCUT2D eigenvalue weighted by molar-refractivity contribution is 5.78. The zero-order chi connectivity index (χ0) is 13.5. The van der Waals surface area contributed by atoms with Gasteiger partial charge in [0.05, 0.1) is 6.54 Å². The Balaban J connectivity index is 1.79. The number of unbranched alkanes of at least 4 members (excludes halogenated alkanes) is 1. The number of nitrogens with one attached hydrogen (secondary N) is 1. The number of nitrogens with zero attached hydrogens (tertiary/aromatic N) is 2. The first-order valence-corrected chi connectivity index (χ1v) is 8.03. The third-order valence-electron chi connectivity index (χ3n) is 4.29. The van der Waals surface area contributed by atoms with Crippen molar-refractivity contribution in [2.75, 3.05) is 39.3 Å². The van der Waals surface area contributed by atoms with E-state index in [0.717, 1.165) is 32.7 Å². The van der Waals surface area contributed by atoms with Crippen molar-refractivity contribution in [1.82, 2.24) is 15.1 Å². The van der Waals surface area contributed by atoms with E-state index in [1.165, 1.54) is 38.5 Å². The Morgan fingerprint density at radius 3 is 2.74 bits per heavy atom. The fourth-order valence-electron chi connectivity index (χ4n) is 3.10. The minimum absolute atomic E-state index is 0.339. The van der Waals surface area contributed by atoms with Crippen LogP contribution in [-0.2, 0) is 4.79 Å². The number of likely N-dealkylation sites (tertiary alicyclic amines) is 1. The Morgan fingerprint density at radius 2 is 2.11 bits per heavy atom. The molecule has 0 radical (unpaired) electrons. The lowest BCUT2D eigenvalue weighted by Crippen LogP contribution is -2.44. The van der Waals surface area contributed by atoms with Gasteiger partial charge in [-0.1, -0.05) is 13.3 Å². The van der Waals surface area contributed by atoms with E-state index in [2.05, 4.69) is 17.1 Å². The van der Waals surface area contributed by atoms with Crippen molar-refractivity contribution in [3.63, 3.8) is 0 Å². The van der Waals surface area contributed by atoms with Gasteiger partial charge in [-0.25, -0.2) is 0 Å². The van der Waals surface area contributed by atoms with Crippen molar-refractivity contribution in [2.24, 2.45) is 0 Å². The molecule has 0 aromatic heterocycles. The topological polar surface area (TPSA) is 35.6 Å². The number of hydrogen-bond donors (Lipinski definition) is 1. The largest absolute Gasteiger partial charge is 0.342 e. The van der Waals surface area contributed by atoms with Crippen molar-refractivity contribution in [1.29, 1.82) is 0 Å². The van der Waals surface area contributed by atoms with Gasteiger partial charge in [0, 0.05) is 25.7 Å². The summed E-state index contributed by atoms with van der Waals surface area (Å²) in [6.07, 6.45) is 7.31. The van der Waals surface area contributed by atoms with Gasteiger partial charge < -0.3 is 10.2 Å². The number of amides is 1. The fraction of sp³-hybridized carbons (Fsp3) is 0.933. The summed E-state index contributed by atoms with van der Waals surface area (Å²) >= 11 is 0. The lowest BCUT2D eigenvalue weighted by atomic mass is 10.2. The van der Waals surface area contributed by atoms with Crippen molar-refractivity contribution in [3.05, 3.63) is 0 Å². The zero-order valence-electron chi connectivity index (χ0n) is 12.4. The van der Waals surface area contributed by atoms with Crippen molar-refractivity contribution in [3.8, 4) is 0 Å². The molecule has 0 spiro atoms. The van der Waals surface area contributed by atoms with Gasteiger partial charge in [0.25, 0.3) is 0 Å². The molecule has 0 saturated carbocycles. The highest BCUT2D eigenvalue weighted by Gasteiger charge is 2.23. The van der Waals surface area contributed by atoms with Crippen LogP contribution in [0.4, 0.5) is 0 Å². The summed E-state index contributed by atoms with van der Waals surface area (Å²) in [6, 6.07) is 0.600. The Bertz CT molecular complexity index is 271. The number of rotatable bonds is 7. The summed E-state index contributed by atoms with van der Waals surface area (Å²) in [5.74, 6) is 0.339. The van der Waals surface area contributed by atoms with Crippen LogP contribution < -0.4 is 5.32 Å². The summed E-state index contributed by atoms with van der Waals surface area (Å²) in [6.45, 7) is 8.04. The second-order valence-electron chi connectivity index (χ2n) is 5.97. The van der Waals surface area contributed by atoms with E-state index < -0.39 is 0 Å². The molecule has 2 heterocycles. The monoisotopic (exact) mass is 267 g/mol. The molecule has 110 valence electrons. The van der Waals surface area contributed by atoms with Gasteiger partial charge in [-0.2, -0.15) is 0 Å². The van der Waals surface area contributed by atoms with E-state index in [9.17, 15) is 4.79 Å². The summed E-state index contributed by atoms with van der Waals surface area (Å²) in [5, 5.41) is 3.54. The molecule has 1 N–H and O–H groups in total. The summed E-state index contributed by atoms with van der Waals surface area (Å²) in [7, 11) is 0. The molecular weight excluding hydrogens is 238 g/mol. The third-order valence-corrected chi connectivity index (χ3v) is 4.29. The molecule has 0 aromatic rings. The molecule has 2 rings (SSSR count). The maximum atomic E-state index is 12.3. The molecule has 1 unspecified atom stereocenters. The van der Waals surface area contributed by atoms with Gasteiger partial charge in [-0.15, -0.1) is 0 Å². The normalized spacial score (nSPS) is 23.5. The molecule has 2 aliphatic heterocycles. The fourth-order valence-corrected chi connectivity index (χ4v) is 3.10. The van der Waals surface area contributed by atoms with Gasteiger partial charge in [0.15, 0.2) is 0 Å². The maximum absolute atomic E-state index is 12.3. The van der Waals surface area contributed by atoms with Gasteiger partial charge in [-0.3, -0.25) is 9.69 Å². The Kier molecular flexibility index (Phi) is 6.11. The highest BCUT2D eigenvalue weighted by Crippen LogP contribution is 2.11. The quantitative estimate of drug-likeness (QED) is 0.758. The number of carbonyl (C=O) groups is 1. The first-order chi connectivity index (χ1) is 9.29. The van der Waals surface area contributed by atoms with Crippen molar-refractivity contribution < 1.29 is 4.79 Å². The van der Waals surface area contributed by atoms with Gasteiger partial charge in [-0.05, 0) is 45.2 Å². The van der Waals surface area contributed by atoms with Crippen LogP contribution in [0.15, 0.2) is 0 Å². The van der Waals surface area contributed by atoms with E-state index in [0.29, 0.717) is 18.5 Å². The third kappa shape index (κ3) is 4.77. The molecular formula is C15H29N3O. The second kappa shape index (κ2) is 7.85. The van der Waals surface area contributed by atoms with Crippen LogP contribution in [0.2, 0.25) is 0 Å². The lowest BCUT2D eigenvalue weighted by molar-refractivity contribution is -0.131. The van der Waals surface area contributed by atoms with E-state index in [1.54, 1.807) is 0 Å². The smallest absolute Gasteiger partial charge is 0.236 e. The molecule has 2 aliphatic rings. The van der Waals surface area contributed by atoms with E-state index in [1.807, 2.05) is 4.90 Å². The maximum Gasteiger partial charge on any atom is 0.236 e. The van der Waals surface area contributed by atoms with Gasteiger partial charge >= 0.3 is 0 Å². The van der Waals surface area contributed by atoms with Crippen molar-refractivity contribution in [2.45, 2.75) is 51.5 Å².